The van der Waals surface area contributed by atoms with Crippen LogP contribution in [0.5, 0.6) is 0 Å². The van der Waals surface area contributed by atoms with E-state index in [9.17, 15) is 0 Å². The standard InChI is InChI=1S/C15H23N3S/c1-3-15(2)6-9-18(10-7-15)11-12-5-4-8-17-13(12)14(16)19/h4-5,8H,3,6-7,9-11H2,1-2H3,(H2,16,19). The molecule has 19 heavy (non-hydrogen) atoms. The van der Waals surface area contributed by atoms with E-state index >= 15 is 0 Å². The van der Waals surface area contributed by atoms with Gasteiger partial charge < -0.3 is 5.73 Å². The summed E-state index contributed by atoms with van der Waals surface area (Å²) in [6.07, 6.45) is 5.56. The molecule has 1 aliphatic heterocycles. The summed E-state index contributed by atoms with van der Waals surface area (Å²) in [4.78, 5) is 7.17. The summed E-state index contributed by atoms with van der Waals surface area (Å²) in [5.41, 5.74) is 8.19. The molecule has 104 valence electrons. The molecule has 4 heteroatoms. The molecule has 0 bridgehead atoms. The Bertz CT molecular complexity index is 450. The van der Waals surface area contributed by atoms with Crippen LogP contribution in [0, 0.1) is 5.41 Å². The zero-order chi connectivity index (χ0) is 13.9. The molecule has 0 amide bonds. The largest absolute Gasteiger partial charge is 0.388 e. The molecule has 0 unspecified atom stereocenters. The van der Waals surface area contributed by atoms with Crippen LogP contribution in [0.4, 0.5) is 0 Å². The molecular formula is C15H23N3S. The SMILES string of the molecule is CCC1(C)CCN(Cc2cccnc2C(N)=S)CC1. The van der Waals surface area contributed by atoms with Gasteiger partial charge in [0.2, 0.25) is 0 Å². The van der Waals surface area contributed by atoms with Crippen molar-refractivity contribution in [1.29, 1.82) is 0 Å². The number of hydrogen-bond donors (Lipinski definition) is 1. The number of nitrogens with zero attached hydrogens (tertiary/aromatic N) is 2. The van der Waals surface area contributed by atoms with E-state index in [1.165, 1.54) is 19.3 Å². The second kappa shape index (κ2) is 5.97. The summed E-state index contributed by atoms with van der Waals surface area (Å²) in [7, 11) is 0. The van der Waals surface area contributed by atoms with Crippen molar-refractivity contribution in [2.24, 2.45) is 11.1 Å². The third kappa shape index (κ3) is 3.51. The number of rotatable bonds is 4. The van der Waals surface area contributed by atoms with Gasteiger partial charge in [-0.15, -0.1) is 0 Å². The number of hydrogen-bond acceptors (Lipinski definition) is 3. The Hall–Kier alpha value is -1.00. The lowest BCUT2D eigenvalue weighted by molar-refractivity contribution is 0.109. The van der Waals surface area contributed by atoms with Gasteiger partial charge in [-0.2, -0.15) is 0 Å². The van der Waals surface area contributed by atoms with Crippen molar-refractivity contribution in [2.75, 3.05) is 13.1 Å². The highest BCUT2D eigenvalue weighted by molar-refractivity contribution is 7.80. The first-order chi connectivity index (χ1) is 9.04. The van der Waals surface area contributed by atoms with Crippen LogP contribution < -0.4 is 5.73 Å². The Labute approximate surface area is 121 Å². The number of likely N-dealkylation sites (tertiary alicyclic amines) is 1. The highest BCUT2D eigenvalue weighted by Crippen LogP contribution is 2.34. The van der Waals surface area contributed by atoms with Crippen molar-refractivity contribution in [3.8, 4) is 0 Å². The van der Waals surface area contributed by atoms with Crippen LogP contribution in [0.1, 0.15) is 44.4 Å². The lowest BCUT2D eigenvalue weighted by atomic mass is 9.78. The molecule has 3 nitrogen and oxygen atoms in total. The first-order valence-electron chi connectivity index (χ1n) is 7.00. The fraction of sp³-hybridized carbons (Fsp3) is 0.600. The Morgan fingerprint density at radius 3 is 2.74 bits per heavy atom. The van der Waals surface area contributed by atoms with Gasteiger partial charge >= 0.3 is 0 Å². The molecule has 0 atom stereocenters. The maximum Gasteiger partial charge on any atom is 0.123 e. The predicted octanol–water partition coefficient (Wildman–Crippen LogP) is 2.73. The molecule has 1 saturated heterocycles. The highest BCUT2D eigenvalue weighted by atomic mass is 32.1. The van der Waals surface area contributed by atoms with E-state index in [0.717, 1.165) is 30.9 Å². The monoisotopic (exact) mass is 277 g/mol. The molecule has 0 saturated carbocycles. The summed E-state index contributed by atoms with van der Waals surface area (Å²) >= 11 is 5.07. The summed E-state index contributed by atoms with van der Waals surface area (Å²) in [5.74, 6) is 0. The van der Waals surface area contributed by atoms with Gasteiger partial charge in [-0.1, -0.05) is 38.6 Å². The lowest BCUT2D eigenvalue weighted by Crippen LogP contribution is -2.38. The first kappa shape index (κ1) is 14.4. The topological polar surface area (TPSA) is 42.2 Å². The van der Waals surface area contributed by atoms with Crippen LogP contribution in [-0.2, 0) is 6.54 Å². The Balaban J connectivity index is 2.02. The van der Waals surface area contributed by atoms with Crippen molar-refractivity contribution in [1.82, 2.24) is 9.88 Å². The molecule has 2 N–H and O–H groups in total. The molecule has 0 aliphatic carbocycles. The van der Waals surface area contributed by atoms with E-state index in [1.807, 2.05) is 6.07 Å². The number of piperidine rings is 1. The van der Waals surface area contributed by atoms with E-state index < -0.39 is 0 Å². The Kier molecular flexibility index (Phi) is 4.53. The van der Waals surface area contributed by atoms with Crippen molar-refractivity contribution >= 4 is 17.2 Å². The molecular weight excluding hydrogens is 254 g/mol. The second-order valence-corrected chi connectivity index (χ2v) is 6.26. The molecule has 1 aromatic rings. The van der Waals surface area contributed by atoms with Gasteiger partial charge in [-0.05, 0) is 43.0 Å². The average molecular weight is 277 g/mol. The zero-order valence-electron chi connectivity index (χ0n) is 11.9. The predicted molar refractivity (Wildman–Crippen MR) is 83.0 cm³/mol. The molecule has 1 aromatic heterocycles. The maximum absolute atomic E-state index is 5.73. The van der Waals surface area contributed by atoms with Gasteiger partial charge in [-0.25, -0.2) is 0 Å². The van der Waals surface area contributed by atoms with Gasteiger partial charge in [0.05, 0.1) is 0 Å². The summed E-state index contributed by atoms with van der Waals surface area (Å²) < 4.78 is 0. The quantitative estimate of drug-likeness (QED) is 0.859. The Morgan fingerprint density at radius 1 is 1.47 bits per heavy atom. The number of thiocarbonyl (C=S) groups is 1. The van der Waals surface area contributed by atoms with Crippen LogP contribution in [0.2, 0.25) is 0 Å². The van der Waals surface area contributed by atoms with Crippen LogP contribution in [0.3, 0.4) is 0 Å². The lowest BCUT2D eigenvalue weighted by Gasteiger charge is -2.39. The summed E-state index contributed by atoms with van der Waals surface area (Å²) in [6.45, 7) is 7.89. The number of nitrogens with two attached hydrogens (primary N) is 1. The van der Waals surface area contributed by atoms with E-state index in [4.69, 9.17) is 18.0 Å². The van der Waals surface area contributed by atoms with Crippen molar-refractivity contribution in [3.05, 3.63) is 29.6 Å². The zero-order valence-corrected chi connectivity index (χ0v) is 12.7. The third-order valence-electron chi connectivity index (χ3n) is 4.44. The summed E-state index contributed by atoms with van der Waals surface area (Å²) in [5, 5.41) is 0. The molecule has 0 radical (unpaired) electrons. The third-order valence-corrected chi connectivity index (χ3v) is 4.63. The van der Waals surface area contributed by atoms with Gasteiger partial charge in [0.15, 0.2) is 0 Å². The van der Waals surface area contributed by atoms with Crippen molar-refractivity contribution in [2.45, 2.75) is 39.7 Å². The Morgan fingerprint density at radius 2 is 2.16 bits per heavy atom. The fourth-order valence-corrected chi connectivity index (χ4v) is 2.82. The molecule has 2 rings (SSSR count). The van der Waals surface area contributed by atoms with E-state index in [0.29, 0.717) is 10.4 Å². The van der Waals surface area contributed by atoms with Gasteiger partial charge in [0.1, 0.15) is 10.7 Å². The van der Waals surface area contributed by atoms with Crippen LogP contribution in [-0.4, -0.2) is 28.0 Å². The minimum atomic E-state index is 0.394. The van der Waals surface area contributed by atoms with E-state index in [1.54, 1.807) is 6.20 Å². The first-order valence-corrected chi connectivity index (χ1v) is 7.41. The second-order valence-electron chi connectivity index (χ2n) is 5.82. The molecule has 0 aromatic carbocycles. The number of pyridine rings is 1. The summed E-state index contributed by atoms with van der Waals surface area (Å²) in [6, 6.07) is 4.03. The molecule has 2 heterocycles. The van der Waals surface area contributed by atoms with Crippen LogP contribution >= 0.6 is 12.2 Å². The fourth-order valence-electron chi connectivity index (χ4n) is 2.63. The van der Waals surface area contributed by atoms with Crippen LogP contribution in [0.25, 0.3) is 0 Å². The normalized spacial score (nSPS) is 19.3. The smallest absolute Gasteiger partial charge is 0.123 e. The van der Waals surface area contributed by atoms with Gasteiger partial charge in [-0.3, -0.25) is 9.88 Å². The van der Waals surface area contributed by atoms with E-state index in [-0.39, 0.29) is 0 Å². The van der Waals surface area contributed by atoms with Gasteiger partial charge in [0, 0.05) is 12.7 Å². The van der Waals surface area contributed by atoms with Crippen molar-refractivity contribution in [3.63, 3.8) is 0 Å². The molecule has 1 aliphatic rings. The van der Waals surface area contributed by atoms with Crippen molar-refractivity contribution < 1.29 is 0 Å². The van der Waals surface area contributed by atoms with E-state index in [2.05, 4.69) is 29.8 Å². The average Bonchev–Trinajstić information content (AvgIpc) is 2.42. The molecule has 1 fully saturated rings. The minimum Gasteiger partial charge on any atom is -0.388 e. The minimum absolute atomic E-state index is 0.394. The highest BCUT2D eigenvalue weighted by Gasteiger charge is 2.28. The maximum atomic E-state index is 5.73. The molecule has 0 spiro atoms. The van der Waals surface area contributed by atoms with Crippen LogP contribution in [0.15, 0.2) is 18.3 Å². The van der Waals surface area contributed by atoms with Gasteiger partial charge in [0.25, 0.3) is 0 Å². The number of aromatic nitrogens is 1.